The van der Waals surface area contributed by atoms with Crippen LogP contribution in [0.3, 0.4) is 0 Å². The van der Waals surface area contributed by atoms with Crippen LogP contribution in [0.25, 0.3) is 21.7 Å². The van der Waals surface area contributed by atoms with Gasteiger partial charge in [0.05, 0.1) is 23.1 Å². The quantitative estimate of drug-likeness (QED) is 0.305. The average molecular weight is 505 g/mol. The number of carboxylic acid groups (broad SMARTS) is 1. The van der Waals surface area contributed by atoms with Gasteiger partial charge in [0.1, 0.15) is 0 Å². The van der Waals surface area contributed by atoms with Gasteiger partial charge in [-0.05, 0) is 34.2 Å². The smallest absolute Gasteiger partial charge is 0.545 e. The molecule has 0 aliphatic heterocycles. The molecule has 0 aliphatic carbocycles. The van der Waals surface area contributed by atoms with Gasteiger partial charge in [-0.2, -0.15) is 0 Å². The predicted molar refractivity (Wildman–Crippen MR) is 138 cm³/mol. The SMILES string of the molecule is O=C([O-])c1cccc(CN(Cc2cccs2)c2nc(-c3ccccc3)c(-c3ccccc3)s2)c1.[Na+]. The number of thiophene rings is 1. The zero-order chi connectivity index (χ0) is 23.3. The second-order valence-electron chi connectivity index (χ2n) is 7.83. The summed E-state index contributed by atoms with van der Waals surface area (Å²) in [6.45, 7) is 1.22. The Morgan fingerprint density at radius 2 is 1.54 bits per heavy atom. The van der Waals surface area contributed by atoms with E-state index >= 15 is 0 Å². The molecule has 0 bridgehead atoms. The van der Waals surface area contributed by atoms with E-state index in [1.165, 1.54) is 4.88 Å². The van der Waals surface area contributed by atoms with Crippen LogP contribution in [-0.2, 0) is 13.1 Å². The molecule has 0 aliphatic rings. The van der Waals surface area contributed by atoms with Gasteiger partial charge in [0.25, 0.3) is 0 Å². The second-order valence-corrected chi connectivity index (χ2v) is 9.84. The van der Waals surface area contributed by atoms with Crippen molar-refractivity contribution >= 4 is 33.8 Å². The zero-order valence-electron chi connectivity index (χ0n) is 19.3. The fourth-order valence-electron chi connectivity index (χ4n) is 3.82. The summed E-state index contributed by atoms with van der Waals surface area (Å²) < 4.78 is 0. The number of carboxylic acids is 1. The molecular weight excluding hydrogens is 483 g/mol. The molecule has 0 radical (unpaired) electrons. The first kappa shape index (κ1) is 25.4. The molecule has 0 N–H and O–H groups in total. The van der Waals surface area contributed by atoms with Gasteiger partial charge in [-0.15, -0.1) is 11.3 Å². The van der Waals surface area contributed by atoms with Gasteiger partial charge >= 0.3 is 29.6 Å². The third kappa shape index (κ3) is 6.10. The number of anilines is 1. The third-order valence-corrected chi connectivity index (χ3v) is 7.46. The van der Waals surface area contributed by atoms with Crippen LogP contribution >= 0.6 is 22.7 Å². The molecule has 168 valence electrons. The molecule has 35 heavy (non-hydrogen) atoms. The summed E-state index contributed by atoms with van der Waals surface area (Å²) in [5.41, 5.74) is 4.23. The summed E-state index contributed by atoms with van der Waals surface area (Å²) in [7, 11) is 0. The number of thiazole rings is 1. The molecule has 0 fully saturated rings. The van der Waals surface area contributed by atoms with E-state index < -0.39 is 5.97 Å². The molecule has 0 unspecified atom stereocenters. The minimum absolute atomic E-state index is 0. The fourth-order valence-corrected chi connectivity index (χ4v) is 5.63. The molecule has 0 saturated carbocycles. The molecule has 5 aromatic rings. The van der Waals surface area contributed by atoms with Crippen LogP contribution in [-0.4, -0.2) is 11.0 Å². The Balaban J connectivity index is 0.00000289. The van der Waals surface area contributed by atoms with Crippen molar-refractivity contribution in [1.82, 2.24) is 4.98 Å². The molecule has 3 aromatic carbocycles. The maximum atomic E-state index is 11.4. The Hall–Kier alpha value is -2.74. The van der Waals surface area contributed by atoms with Crippen molar-refractivity contribution in [2.24, 2.45) is 0 Å². The second kappa shape index (κ2) is 11.8. The van der Waals surface area contributed by atoms with Crippen LogP contribution in [0, 0.1) is 0 Å². The standard InChI is InChI=1S/C28H22N2O2S2.Na/c31-27(32)23-14-7-9-20(17-23)18-30(19-24-15-8-16-33-24)28-29-25(21-10-3-1-4-11-21)26(34-28)22-12-5-2-6-13-22;/h1-17H,18-19H2,(H,31,32);/q;+1/p-1. The van der Waals surface area contributed by atoms with E-state index in [0.29, 0.717) is 13.1 Å². The van der Waals surface area contributed by atoms with Gasteiger partial charge < -0.3 is 14.8 Å². The first-order valence-corrected chi connectivity index (χ1v) is 12.6. The van der Waals surface area contributed by atoms with Crippen LogP contribution in [0.2, 0.25) is 0 Å². The Morgan fingerprint density at radius 1 is 0.829 bits per heavy atom. The average Bonchev–Trinajstić information content (AvgIpc) is 3.55. The summed E-state index contributed by atoms with van der Waals surface area (Å²) in [5, 5.41) is 14.4. The van der Waals surface area contributed by atoms with E-state index in [2.05, 4.69) is 40.6 Å². The van der Waals surface area contributed by atoms with Crippen molar-refractivity contribution in [3.05, 3.63) is 118 Å². The molecule has 4 nitrogen and oxygen atoms in total. The predicted octanol–water partition coefficient (Wildman–Crippen LogP) is 3.11. The Kier molecular flexibility index (Phi) is 8.55. The first-order valence-electron chi connectivity index (χ1n) is 10.9. The summed E-state index contributed by atoms with van der Waals surface area (Å²) in [6.07, 6.45) is 0. The van der Waals surface area contributed by atoms with Crippen LogP contribution in [0.1, 0.15) is 20.8 Å². The zero-order valence-corrected chi connectivity index (χ0v) is 22.9. The van der Waals surface area contributed by atoms with E-state index in [-0.39, 0.29) is 35.1 Å². The number of carbonyl (C=O) groups excluding carboxylic acids is 1. The number of benzene rings is 3. The molecule has 0 spiro atoms. The normalized spacial score (nSPS) is 10.5. The molecule has 0 saturated heterocycles. The Bertz CT molecular complexity index is 1330. The molecule has 2 aromatic heterocycles. The van der Waals surface area contributed by atoms with Crippen LogP contribution < -0.4 is 39.6 Å². The van der Waals surface area contributed by atoms with Crippen molar-refractivity contribution in [2.75, 3.05) is 4.90 Å². The van der Waals surface area contributed by atoms with E-state index in [9.17, 15) is 9.90 Å². The maximum Gasteiger partial charge on any atom is 1.00 e. The molecular formula is C28H21N2NaO2S2. The number of aromatic nitrogens is 1. The Morgan fingerprint density at radius 3 is 2.20 bits per heavy atom. The fraction of sp³-hybridized carbons (Fsp3) is 0.0714. The number of hydrogen-bond donors (Lipinski definition) is 0. The molecule has 5 rings (SSSR count). The summed E-state index contributed by atoms with van der Waals surface area (Å²) in [5.74, 6) is -1.17. The summed E-state index contributed by atoms with van der Waals surface area (Å²) >= 11 is 3.36. The number of nitrogens with zero attached hydrogens (tertiary/aromatic N) is 2. The minimum atomic E-state index is -1.17. The van der Waals surface area contributed by atoms with Gasteiger partial charge in [-0.25, -0.2) is 4.98 Å². The molecule has 0 atom stereocenters. The van der Waals surface area contributed by atoms with Crippen molar-refractivity contribution < 1.29 is 39.5 Å². The minimum Gasteiger partial charge on any atom is -0.545 e. The van der Waals surface area contributed by atoms with Crippen molar-refractivity contribution in [2.45, 2.75) is 13.1 Å². The maximum absolute atomic E-state index is 11.4. The van der Waals surface area contributed by atoms with Crippen molar-refractivity contribution in [1.29, 1.82) is 0 Å². The first-order chi connectivity index (χ1) is 16.7. The molecule has 0 amide bonds. The monoisotopic (exact) mass is 504 g/mol. The van der Waals surface area contributed by atoms with Crippen molar-refractivity contribution in [3.63, 3.8) is 0 Å². The van der Waals surface area contributed by atoms with Gasteiger partial charge in [-0.1, -0.05) is 96.3 Å². The topological polar surface area (TPSA) is 56.3 Å². The van der Waals surface area contributed by atoms with Gasteiger partial charge in [-0.3, -0.25) is 0 Å². The largest absolute Gasteiger partial charge is 1.00 e. The number of hydrogen-bond acceptors (Lipinski definition) is 6. The van der Waals surface area contributed by atoms with Crippen molar-refractivity contribution in [3.8, 4) is 21.7 Å². The van der Waals surface area contributed by atoms with Crippen LogP contribution in [0.15, 0.2) is 102 Å². The third-order valence-electron chi connectivity index (χ3n) is 5.43. The summed E-state index contributed by atoms with van der Waals surface area (Å²) in [4.78, 5) is 21.0. The number of carbonyl (C=O) groups is 1. The van der Waals surface area contributed by atoms with Gasteiger partial charge in [0, 0.05) is 17.0 Å². The van der Waals surface area contributed by atoms with Crippen LogP contribution in [0.4, 0.5) is 5.13 Å². The van der Waals surface area contributed by atoms with Gasteiger partial charge in [0.2, 0.25) is 0 Å². The molecule has 2 heterocycles. The van der Waals surface area contributed by atoms with Crippen LogP contribution in [0.5, 0.6) is 0 Å². The number of rotatable bonds is 8. The number of aromatic carboxylic acids is 1. The van der Waals surface area contributed by atoms with E-state index in [1.54, 1.807) is 40.9 Å². The Labute approximate surface area is 234 Å². The van der Waals surface area contributed by atoms with E-state index in [0.717, 1.165) is 32.4 Å². The van der Waals surface area contributed by atoms with E-state index in [4.69, 9.17) is 4.98 Å². The van der Waals surface area contributed by atoms with Gasteiger partial charge in [0.15, 0.2) is 5.13 Å². The summed E-state index contributed by atoms with van der Waals surface area (Å²) in [6, 6.07) is 31.6. The van der Waals surface area contributed by atoms with E-state index in [1.807, 2.05) is 48.5 Å². The molecule has 7 heteroatoms.